The first kappa shape index (κ1) is 20.0. The molecule has 0 aromatic heterocycles. The summed E-state index contributed by atoms with van der Waals surface area (Å²) in [6, 6.07) is 22.2. The number of nitrogens with one attached hydrogen (secondary N) is 2. The number of rotatable bonds is 4. The molecule has 5 nitrogen and oxygen atoms in total. The van der Waals surface area contributed by atoms with Crippen LogP contribution in [0.3, 0.4) is 0 Å². The summed E-state index contributed by atoms with van der Waals surface area (Å²) in [6.45, 7) is 1.63. The van der Waals surface area contributed by atoms with Crippen LogP contribution < -0.4 is 10.6 Å². The fraction of sp³-hybridized carbons (Fsp3) is 0.167. The van der Waals surface area contributed by atoms with Gasteiger partial charge in [-0.25, -0.2) is 4.79 Å². The molecular weight excluding hydrogens is 398 g/mol. The van der Waals surface area contributed by atoms with Crippen molar-refractivity contribution in [3.63, 3.8) is 0 Å². The highest BCUT2D eigenvalue weighted by atomic mass is 35.5. The van der Waals surface area contributed by atoms with Crippen LogP contribution in [0.1, 0.15) is 27.0 Å². The van der Waals surface area contributed by atoms with E-state index in [-0.39, 0.29) is 11.9 Å². The van der Waals surface area contributed by atoms with Gasteiger partial charge in [0.1, 0.15) is 0 Å². The van der Waals surface area contributed by atoms with Gasteiger partial charge in [-0.05, 0) is 59.5 Å². The van der Waals surface area contributed by atoms with Crippen molar-refractivity contribution in [1.29, 1.82) is 0 Å². The molecule has 2 N–H and O–H groups in total. The zero-order chi connectivity index (χ0) is 20.9. The molecule has 1 heterocycles. The van der Waals surface area contributed by atoms with Crippen molar-refractivity contribution in [2.24, 2.45) is 0 Å². The normalized spacial score (nSPS) is 12.8. The lowest BCUT2D eigenvalue weighted by Gasteiger charge is -2.29. The number of amides is 3. The van der Waals surface area contributed by atoms with Gasteiger partial charge >= 0.3 is 6.03 Å². The van der Waals surface area contributed by atoms with Crippen molar-refractivity contribution >= 4 is 29.2 Å². The largest absolute Gasteiger partial charge is 0.334 e. The molecule has 30 heavy (non-hydrogen) atoms. The average molecular weight is 420 g/mol. The number of fused-ring (bicyclic) bond motifs is 1. The zero-order valence-corrected chi connectivity index (χ0v) is 17.2. The minimum atomic E-state index is -0.280. The van der Waals surface area contributed by atoms with Gasteiger partial charge in [-0.1, -0.05) is 48.0 Å². The highest BCUT2D eigenvalue weighted by Crippen LogP contribution is 2.24. The first-order valence-electron chi connectivity index (χ1n) is 9.84. The second-order valence-corrected chi connectivity index (χ2v) is 7.70. The molecule has 0 fully saturated rings. The highest BCUT2D eigenvalue weighted by molar-refractivity contribution is 6.30. The van der Waals surface area contributed by atoms with Gasteiger partial charge in [0.05, 0.1) is 0 Å². The highest BCUT2D eigenvalue weighted by Gasteiger charge is 2.22. The topological polar surface area (TPSA) is 61.4 Å². The Balaban J connectivity index is 1.38. The molecule has 152 valence electrons. The van der Waals surface area contributed by atoms with E-state index in [4.69, 9.17) is 11.6 Å². The van der Waals surface area contributed by atoms with Crippen molar-refractivity contribution in [2.75, 3.05) is 11.9 Å². The summed E-state index contributed by atoms with van der Waals surface area (Å²) >= 11 is 5.88. The van der Waals surface area contributed by atoms with E-state index >= 15 is 0 Å². The molecule has 3 aromatic carbocycles. The first-order valence-corrected chi connectivity index (χ1v) is 10.2. The molecule has 0 spiro atoms. The fourth-order valence-corrected chi connectivity index (χ4v) is 3.66. The van der Waals surface area contributed by atoms with Gasteiger partial charge < -0.3 is 15.5 Å². The predicted molar refractivity (Wildman–Crippen MR) is 119 cm³/mol. The summed E-state index contributed by atoms with van der Waals surface area (Å²) in [5.74, 6) is 0.0281. The smallest absolute Gasteiger partial charge is 0.319 e. The van der Waals surface area contributed by atoms with Gasteiger partial charge in [0.25, 0.3) is 5.91 Å². The van der Waals surface area contributed by atoms with E-state index in [9.17, 15) is 9.59 Å². The molecule has 1 aliphatic heterocycles. The minimum Gasteiger partial charge on any atom is -0.334 e. The Morgan fingerprint density at radius 2 is 1.70 bits per heavy atom. The van der Waals surface area contributed by atoms with Gasteiger partial charge in [0.2, 0.25) is 0 Å². The quantitative estimate of drug-likeness (QED) is 0.634. The summed E-state index contributed by atoms with van der Waals surface area (Å²) in [7, 11) is 0. The summed E-state index contributed by atoms with van der Waals surface area (Å²) in [6.07, 6.45) is 0.803. The summed E-state index contributed by atoms with van der Waals surface area (Å²) in [5.41, 5.74) is 4.63. The fourth-order valence-electron chi connectivity index (χ4n) is 3.53. The van der Waals surface area contributed by atoms with Crippen LogP contribution in [-0.2, 0) is 19.5 Å². The number of halogens is 1. The lowest BCUT2D eigenvalue weighted by molar-refractivity contribution is 0.0734. The monoisotopic (exact) mass is 419 g/mol. The van der Waals surface area contributed by atoms with Crippen molar-refractivity contribution in [2.45, 2.75) is 19.5 Å². The van der Waals surface area contributed by atoms with Crippen LogP contribution in [0.5, 0.6) is 0 Å². The van der Waals surface area contributed by atoms with Gasteiger partial charge in [0, 0.05) is 35.9 Å². The van der Waals surface area contributed by atoms with E-state index in [0.29, 0.717) is 35.9 Å². The van der Waals surface area contributed by atoms with Gasteiger partial charge in [0.15, 0.2) is 0 Å². The van der Waals surface area contributed by atoms with E-state index in [1.54, 1.807) is 12.1 Å². The maximum Gasteiger partial charge on any atom is 0.319 e. The van der Waals surface area contributed by atoms with Crippen molar-refractivity contribution in [3.8, 4) is 0 Å². The van der Waals surface area contributed by atoms with Crippen LogP contribution >= 0.6 is 11.6 Å². The first-order chi connectivity index (χ1) is 14.6. The number of hydrogen-bond acceptors (Lipinski definition) is 2. The van der Waals surface area contributed by atoms with Crippen LogP contribution in [0.2, 0.25) is 5.02 Å². The van der Waals surface area contributed by atoms with Crippen LogP contribution in [-0.4, -0.2) is 23.4 Å². The number of hydrogen-bond donors (Lipinski definition) is 2. The molecular formula is C24H22ClN3O2. The molecule has 0 saturated heterocycles. The van der Waals surface area contributed by atoms with E-state index in [1.165, 1.54) is 5.56 Å². The number of anilines is 1. The Morgan fingerprint density at radius 3 is 2.47 bits per heavy atom. The predicted octanol–water partition coefficient (Wildman–Crippen LogP) is 4.86. The summed E-state index contributed by atoms with van der Waals surface area (Å²) in [4.78, 5) is 26.9. The second kappa shape index (κ2) is 9.01. The lowest BCUT2D eigenvalue weighted by atomic mass is 9.98. The van der Waals surface area contributed by atoms with E-state index in [0.717, 1.165) is 17.5 Å². The molecule has 3 aromatic rings. The lowest BCUT2D eigenvalue weighted by Crippen LogP contribution is -2.36. The number of nitrogens with zero attached hydrogens (tertiary/aromatic N) is 1. The Morgan fingerprint density at radius 1 is 0.933 bits per heavy atom. The maximum absolute atomic E-state index is 12.8. The SMILES string of the molecule is O=C(NCc1ccc(Cl)cc1)Nc1ccc2c(c1)CN(C(=O)c1ccccc1)CC2. The third-order valence-electron chi connectivity index (χ3n) is 5.15. The van der Waals surface area contributed by atoms with Crippen molar-refractivity contribution in [3.05, 3.63) is 100 Å². The van der Waals surface area contributed by atoms with Crippen molar-refractivity contribution in [1.82, 2.24) is 10.2 Å². The molecule has 3 amide bonds. The third kappa shape index (κ3) is 4.81. The van der Waals surface area contributed by atoms with Gasteiger partial charge in [-0.2, -0.15) is 0 Å². The zero-order valence-electron chi connectivity index (χ0n) is 16.4. The number of urea groups is 1. The molecule has 6 heteroatoms. The minimum absolute atomic E-state index is 0.0281. The molecule has 4 rings (SSSR count). The van der Waals surface area contributed by atoms with Crippen LogP contribution in [0, 0.1) is 0 Å². The van der Waals surface area contributed by atoms with Crippen LogP contribution in [0.25, 0.3) is 0 Å². The standard InChI is InChI=1S/C24H22ClN3O2/c25-21-9-6-17(7-10-21)15-26-24(30)27-22-11-8-18-12-13-28(16-20(18)14-22)23(29)19-4-2-1-3-5-19/h1-11,14H,12-13,15-16H2,(H2,26,27,30). The molecule has 0 bridgehead atoms. The Kier molecular flexibility index (Phi) is 6.00. The van der Waals surface area contributed by atoms with E-state index in [1.807, 2.05) is 65.6 Å². The summed E-state index contributed by atoms with van der Waals surface area (Å²) < 4.78 is 0. The average Bonchev–Trinajstić information content (AvgIpc) is 2.78. The van der Waals surface area contributed by atoms with Crippen molar-refractivity contribution < 1.29 is 9.59 Å². The van der Waals surface area contributed by atoms with E-state index < -0.39 is 0 Å². The molecule has 0 atom stereocenters. The Bertz CT molecular complexity index is 1050. The van der Waals surface area contributed by atoms with Gasteiger partial charge in [-0.3, -0.25) is 4.79 Å². The maximum atomic E-state index is 12.8. The molecule has 0 aliphatic carbocycles. The van der Waals surface area contributed by atoms with Gasteiger partial charge in [-0.15, -0.1) is 0 Å². The Hall–Kier alpha value is -3.31. The number of carbonyl (C=O) groups is 2. The van der Waals surface area contributed by atoms with E-state index in [2.05, 4.69) is 10.6 Å². The number of carbonyl (C=O) groups excluding carboxylic acids is 2. The second-order valence-electron chi connectivity index (χ2n) is 7.26. The third-order valence-corrected chi connectivity index (χ3v) is 5.40. The van der Waals surface area contributed by atoms with Crippen LogP contribution in [0.15, 0.2) is 72.8 Å². The molecule has 0 radical (unpaired) electrons. The van der Waals surface area contributed by atoms with Crippen LogP contribution in [0.4, 0.5) is 10.5 Å². The molecule has 0 unspecified atom stereocenters. The molecule has 0 saturated carbocycles. The summed E-state index contributed by atoms with van der Waals surface area (Å²) in [5, 5.41) is 6.37. The molecule has 1 aliphatic rings. The Labute approximate surface area is 180 Å². The number of benzene rings is 3.